The van der Waals surface area contributed by atoms with Crippen molar-refractivity contribution in [1.29, 1.82) is 5.26 Å². The molecule has 0 spiro atoms. The maximum absolute atomic E-state index is 12.0. The van der Waals surface area contributed by atoms with Crippen molar-refractivity contribution in [3.8, 4) is 11.8 Å². The Labute approximate surface area is 116 Å². The van der Waals surface area contributed by atoms with Crippen LogP contribution in [0.1, 0.15) is 5.82 Å². The molecule has 0 atom stereocenters. The van der Waals surface area contributed by atoms with Crippen molar-refractivity contribution >= 4 is 11.3 Å². The lowest BCUT2D eigenvalue weighted by Crippen LogP contribution is -2.16. The molecule has 0 bridgehead atoms. The van der Waals surface area contributed by atoms with Crippen molar-refractivity contribution in [1.82, 2.24) is 20.6 Å². The fourth-order valence-corrected chi connectivity index (χ4v) is 1.33. The smallest absolute Gasteiger partial charge is 0.406 e. The van der Waals surface area contributed by atoms with Gasteiger partial charge in [0.25, 0.3) is 0 Å². The first-order chi connectivity index (χ1) is 9.98. The predicted octanol–water partition coefficient (Wildman–Crippen LogP) is 2.07. The van der Waals surface area contributed by atoms with Crippen LogP contribution in [0.4, 0.5) is 18.9 Å². The van der Waals surface area contributed by atoms with Gasteiger partial charge in [-0.1, -0.05) is 0 Å². The van der Waals surface area contributed by atoms with Gasteiger partial charge in [-0.3, -0.25) is 0 Å². The number of alkyl halides is 3. The highest BCUT2D eigenvalue weighted by Gasteiger charge is 2.30. The van der Waals surface area contributed by atoms with E-state index in [0.29, 0.717) is 5.69 Å². The van der Waals surface area contributed by atoms with Crippen LogP contribution >= 0.6 is 0 Å². The minimum atomic E-state index is -4.73. The van der Waals surface area contributed by atoms with Crippen molar-refractivity contribution in [2.75, 3.05) is 5.32 Å². The number of aromatic amines is 1. The molecular formula is C11H7F3N6O. The van der Waals surface area contributed by atoms with Crippen LogP contribution in [0.15, 0.2) is 30.5 Å². The summed E-state index contributed by atoms with van der Waals surface area (Å²) in [5.41, 5.74) is 0.570. The number of nitrogens with zero attached hydrogens (tertiary/aromatic N) is 4. The van der Waals surface area contributed by atoms with E-state index in [-0.39, 0.29) is 17.1 Å². The van der Waals surface area contributed by atoms with Gasteiger partial charge in [-0.25, -0.2) is 0 Å². The van der Waals surface area contributed by atoms with Crippen molar-refractivity contribution in [3.63, 3.8) is 0 Å². The molecule has 1 aromatic heterocycles. The molecule has 2 rings (SSSR count). The predicted molar refractivity (Wildman–Crippen MR) is 64.5 cm³/mol. The first kappa shape index (κ1) is 14.3. The van der Waals surface area contributed by atoms with Crippen LogP contribution < -0.4 is 10.1 Å². The van der Waals surface area contributed by atoms with Crippen molar-refractivity contribution < 1.29 is 17.9 Å². The second-order valence-electron chi connectivity index (χ2n) is 3.62. The summed E-state index contributed by atoms with van der Waals surface area (Å²) in [6.45, 7) is 0. The molecule has 10 heteroatoms. The van der Waals surface area contributed by atoms with Gasteiger partial charge in [0.2, 0.25) is 5.82 Å². The van der Waals surface area contributed by atoms with Crippen LogP contribution in [0.5, 0.6) is 5.75 Å². The number of nitrogens with one attached hydrogen (secondary N) is 2. The zero-order valence-corrected chi connectivity index (χ0v) is 10.2. The molecule has 21 heavy (non-hydrogen) atoms. The molecule has 1 heterocycles. The maximum Gasteiger partial charge on any atom is 0.573 e. The summed E-state index contributed by atoms with van der Waals surface area (Å²) in [7, 11) is 0. The highest BCUT2D eigenvalue weighted by Crippen LogP contribution is 2.24. The average molecular weight is 296 g/mol. The Balaban J connectivity index is 2.05. The molecule has 2 N–H and O–H groups in total. The van der Waals surface area contributed by atoms with E-state index in [1.807, 2.05) is 6.07 Å². The number of allylic oxidation sites excluding steroid dienone is 1. The molecule has 0 aliphatic heterocycles. The first-order valence-corrected chi connectivity index (χ1v) is 5.44. The first-order valence-electron chi connectivity index (χ1n) is 5.44. The van der Waals surface area contributed by atoms with E-state index in [4.69, 9.17) is 5.26 Å². The summed E-state index contributed by atoms with van der Waals surface area (Å²) in [4.78, 5) is 0. The van der Waals surface area contributed by atoms with E-state index < -0.39 is 6.36 Å². The Kier molecular flexibility index (Phi) is 4.03. The number of rotatable bonds is 4. The molecule has 0 unspecified atom stereocenters. The molecule has 0 radical (unpaired) electrons. The number of anilines is 1. The van der Waals surface area contributed by atoms with Crippen molar-refractivity contribution in [2.45, 2.75) is 6.36 Å². The lowest BCUT2D eigenvalue weighted by atomic mass is 10.3. The summed E-state index contributed by atoms with van der Waals surface area (Å²) >= 11 is 0. The van der Waals surface area contributed by atoms with Gasteiger partial charge in [0, 0.05) is 11.9 Å². The van der Waals surface area contributed by atoms with E-state index in [1.165, 1.54) is 18.3 Å². The van der Waals surface area contributed by atoms with Crippen molar-refractivity contribution in [3.05, 3.63) is 36.3 Å². The van der Waals surface area contributed by atoms with Crippen LogP contribution in [0.25, 0.3) is 5.57 Å². The fraction of sp³-hybridized carbons (Fsp3) is 0.0909. The normalized spacial score (nSPS) is 11.8. The summed E-state index contributed by atoms with van der Waals surface area (Å²) < 4.78 is 39.7. The standard InChI is InChI=1S/C11H7F3N6O/c12-11(13,14)21-9-3-1-8(2-4-9)16-6-7(5-15)10-17-19-20-18-10/h1-4,6,16H,(H,17,18,19,20)/b7-6+. The van der Waals surface area contributed by atoms with Crippen LogP contribution in [-0.2, 0) is 0 Å². The Morgan fingerprint density at radius 1 is 1.33 bits per heavy atom. The van der Waals surface area contributed by atoms with E-state index in [1.54, 1.807) is 0 Å². The highest BCUT2D eigenvalue weighted by atomic mass is 19.4. The van der Waals surface area contributed by atoms with Crippen LogP contribution in [0.3, 0.4) is 0 Å². The minimum Gasteiger partial charge on any atom is -0.406 e. The quantitative estimate of drug-likeness (QED) is 0.838. The van der Waals surface area contributed by atoms with Crippen molar-refractivity contribution in [2.24, 2.45) is 0 Å². The van der Waals surface area contributed by atoms with Gasteiger partial charge >= 0.3 is 6.36 Å². The molecule has 0 amide bonds. The number of aromatic nitrogens is 4. The Morgan fingerprint density at radius 2 is 2.05 bits per heavy atom. The third-order valence-electron chi connectivity index (χ3n) is 2.18. The van der Waals surface area contributed by atoms with Gasteiger partial charge in [-0.05, 0) is 29.5 Å². The van der Waals surface area contributed by atoms with Crippen LogP contribution in [0.2, 0.25) is 0 Å². The van der Waals surface area contributed by atoms with Gasteiger partial charge < -0.3 is 10.1 Å². The van der Waals surface area contributed by atoms with Crippen LogP contribution in [0, 0.1) is 11.3 Å². The van der Waals surface area contributed by atoms with Gasteiger partial charge in [0.05, 0.1) is 0 Å². The Bertz CT molecular complexity index is 657. The summed E-state index contributed by atoms with van der Waals surface area (Å²) in [5, 5.41) is 24.4. The number of hydrogen-bond acceptors (Lipinski definition) is 6. The highest BCUT2D eigenvalue weighted by molar-refractivity contribution is 5.74. The molecule has 1 aromatic carbocycles. The molecule has 7 nitrogen and oxygen atoms in total. The minimum absolute atomic E-state index is 0.0991. The van der Waals surface area contributed by atoms with Gasteiger partial charge in [0.1, 0.15) is 17.4 Å². The number of ether oxygens (including phenoxy) is 1. The molecule has 108 valence electrons. The van der Waals surface area contributed by atoms with E-state index in [0.717, 1.165) is 12.1 Å². The zero-order valence-electron chi connectivity index (χ0n) is 10.2. The number of nitriles is 1. The van der Waals surface area contributed by atoms with Gasteiger partial charge in [-0.2, -0.15) is 10.5 Å². The van der Waals surface area contributed by atoms with Crippen LogP contribution in [-0.4, -0.2) is 27.0 Å². The second kappa shape index (κ2) is 5.91. The number of halogens is 3. The zero-order chi connectivity index (χ0) is 15.3. The largest absolute Gasteiger partial charge is 0.573 e. The molecule has 0 saturated heterocycles. The molecule has 0 aliphatic carbocycles. The molecule has 0 fully saturated rings. The number of tetrazole rings is 1. The summed E-state index contributed by atoms with van der Waals surface area (Å²) in [6.07, 6.45) is -3.42. The SMILES string of the molecule is N#C/C(=C\Nc1ccc(OC(F)(F)F)cc1)c1nn[nH]n1. The third kappa shape index (κ3) is 4.20. The Hall–Kier alpha value is -3.09. The molecule has 2 aromatic rings. The average Bonchev–Trinajstić information content (AvgIpc) is 2.94. The topological polar surface area (TPSA) is 99.5 Å². The lowest BCUT2D eigenvalue weighted by Gasteiger charge is -2.09. The molecular weight excluding hydrogens is 289 g/mol. The van der Waals surface area contributed by atoms with E-state index >= 15 is 0 Å². The number of H-pyrrole nitrogens is 1. The monoisotopic (exact) mass is 296 g/mol. The number of benzene rings is 1. The number of hydrogen-bond donors (Lipinski definition) is 2. The Morgan fingerprint density at radius 3 is 2.57 bits per heavy atom. The van der Waals surface area contributed by atoms with Gasteiger partial charge in [-0.15, -0.1) is 23.4 Å². The maximum atomic E-state index is 12.0. The fourth-order valence-electron chi connectivity index (χ4n) is 1.33. The molecule has 0 saturated carbocycles. The molecule has 0 aliphatic rings. The summed E-state index contributed by atoms with van der Waals surface area (Å²) in [6, 6.07) is 6.87. The van der Waals surface area contributed by atoms with Gasteiger partial charge in [0.15, 0.2) is 0 Å². The van der Waals surface area contributed by atoms with E-state index in [2.05, 4.69) is 30.7 Å². The van der Waals surface area contributed by atoms with E-state index in [9.17, 15) is 13.2 Å². The summed E-state index contributed by atoms with van der Waals surface area (Å²) in [5.74, 6) is -0.238. The lowest BCUT2D eigenvalue weighted by molar-refractivity contribution is -0.274. The third-order valence-corrected chi connectivity index (χ3v) is 2.18. The second-order valence-corrected chi connectivity index (χ2v) is 3.62.